The fraction of sp³-hybridized carbons (Fsp3) is 0.391. The summed E-state index contributed by atoms with van der Waals surface area (Å²) in [5.41, 5.74) is 3.85. The van der Waals surface area contributed by atoms with Gasteiger partial charge in [-0.05, 0) is 42.0 Å². The summed E-state index contributed by atoms with van der Waals surface area (Å²) in [6.07, 6.45) is 4.30. The normalized spacial score (nSPS) is 15.9. The Balaban J connectivity index is 1.32. The fourth-order valence-corrected chi connectivity index (χ4v) is 4.07. The molecule has 3 aromatic rings. The van der Waals surface area contributed by atoms with Crippen LogP contribution in [0.25, 0.3) is 11.2 Å². The van der Waals surface area contributed by atoms with Crippen LogP contribution in [0.4, 0.5) is 4.79 Å². The summed E-state index contributed by atoms with van der Waals surface area (Å²) in [7, 11) is 1.41. The monoisotopic (exact) mass is 421 g/mol. The lowest BCUT2D eigenvalue weighted by Crippen LogP contribution is -2.40. The second-order valence-corrected chi connectivity index (χ2v) is 7.78. The van der Waals surface area contributed by atoms with Gasteiger partial charge in [-0.2, -0.15) is 0 Å². The van der Waals surface area contributed by atoms with E-state index in [1.54, 1.807) is 6.20 Å². The molecule has 0 spiro atoms. The predicted octanol–water partition coefficient (Wildman–Crippen LogP) is 3.15. The van der Waals surface area contributed by atoms with Gasteiger partial charge in [0.1, 0.15) is 5.82 Å². The molecule has 2 N–H and O–H groups in total. The molecule has 1 aromatic carbocycles. The lowest BCUT2D eigenvalue weighted by Gasteiger charge is -2.21. The van der Waals surface area contributed by atoms with Crippen LogP contribution < -0.4 is 5.32 Å². The number of carbonyl (C=O) groups excluding carboxylic acids is 2. The number of ether oxygens (including phenoxy) is 1. The molecule has 2 amide bonds. The van der Waals surface area contributed by atoms with Crippen LogP contribution in [0.1, 0.15) is 42.1 Å². The maximum absolute atomic E-state index is 12.8. The summed E-state index contributed by atoms with van der Waals surface area (Å²) in [6.45, 7) is 1.69. The Kier molecular flexibility index (Phi) is 6.45. The molecule has 0 saturated carbocycles. The summed E-state index contributed by atoms with van der Waals surface area (Å²) in [5.74, 6) is 0.707. The van der Waals surface area contributed by atoms with Crippen molar-refractivity contribution in [2.75, 3.05) is 20.2 Å². The van der Waals surface area contributed by atoms with Gasteiger partial charge in [0.05, 0.1) is 19.0 Å². The minimum atomic E-state index is -0.224. The van der Waals surface area contributed by atoms with Gasteiger partial charge in [-0.3, -0.25) is 4.79 Å². The third kappa shape index (κ3) is 5.02. The van der Waals surface area contributed by atoms with Crippen LogP contribution in [-0.2, 0) is 22.5 Å². The van der Waals surface area contributed by atoms with Crippen LogP contribution >= 0.6 is 0 Å². The Morgan fingerprint density at radius 3 is 2.97 bits per heavy atom. The SMILES string of the molecule is COC(=O)CC1CCN(C(=O)NCCCc2nc3ncccc3[nH]2)Cc2ccccc21. The summed E-state index contributed by atoms with van der Waals surface area (Å²) in [4.78, 5) is 38.4. The number of rotatable bonds is 6. The average molecular weight is 422 g/mol. The summed E-state index contributed by atoms with van der Waals surface area (Å²) < 4.78 is 4.86. The molecule has 0 aliphatic carbocycles. The van der Waals surface area contributed by atoms with Gasteiger partial charge >= 0.3 is 12.0 Å². The van der Waals surface area contributed by atoms with Crippen LogP contribution in [0.15, 0.2) is 42.6 Å². The van der Waals surface area contributed by atoms with E-state index in [-0.39, 0.29) is 17.9 Å². The van der Waals surface area contributed by atoms with E-state index in [9.17, 15) is 9.59 Å². The van der Waals surface area contributed by atoms with Crippen LogP contribution in [-0.4, -0.2) is 52.1 Å². The number of methoxy groups -OCH3 is 1. The van der Waals surface area contributed by atoms with Crippen molar-refractivity contribution in [2.45, 2.75) is 38.1 Å². The number of aryl methyl sites for hydroxylation is 1. The molecular weight excluding hydrogens is 394 g/mol. The first-order chi connectivity index (χ1) is 15.1. The Bertz CT molecular complexity index is 1030. The van der Waals surface area contributed by atoms with E-state index in [2.05, 4.69) is 20.3 Å². The number of pyridine rings is 1. The number of hydrogen-bond donors (Lipinski definition) is 2. The Labute approximate surface area is 181 Å². The van der Waals surface area contributed by atoms with Gasteiger partial charge < -0.3 is 19.9 Å². The molecule has 4 rings (SSSR count). The van der Waals surface area contributed by atoms with Gasteiger partial charge in [0.15, 0.2) is 5.65 Å². The van der Waals surface area contributed by atoms with E-state index in [0.717, 1.165) is 41.7 Å². The highest BCUT2D eigenvalue weighted by molar-refractivity contribution is 5.74. The summed E-state index contributed by atoms with van der Waals surface area (Å²) >= 11 is 0. The van der Waals surface area contributed by atoms with E-state index >= 15 is 0 Å². The van der Waals surface area contributed by atoms with Gasteiger partial charge in [-0.15, -0.1) is 0 Å². The Morgan fingerprint density at radius 2 is 2.13 bits per heavy atom. The number of urea groups is 1. The van der Waals surface area contributed by atoms with Crippen LogP contribution in [0, 0.1) is 0 Å². The second kappa shape index (κ2) is 9.59. The van der Waals surface area contributed by atoms with Crippen LogP contribution in [0.2, 0.25) is 0 Å². The van der Waals surface area contributed by atoms with Crippen molar-refractivity contribution in [1.82, 2.24) is 25.2 Å². The van der Waals surface area contributed by atoms with Crippen molar-refractivity contribution < 1.29 is 14.3 Å². The second-order valence-electron chi connectivity index (χ2n) is 7.78. The molecule has 8 heteroatoms. The molecule has 0 radical (unpaired) electrons. The number of benzene rings is 1. The predicted molar refractivity (Wildman–Crippen MR) is 116 cm³/mol. The molecule has 162 valence electrons. The number of nitrogens with zero attached hydrogens (tertiary/aromatic N) is 3. The standard InChI is InChI=1S/C23H27N5O3/c1-31-21(29)14-16-10-13-28(15-17-6-2-3-7-18(16)17)23(30)25-12-5-9-20-26-19-8-4-11-24-22(19)27-20/h2-4,6-8,11,16H,5,9-10,12-15H2,1H3,(H,25,30)(H,24,26,27). The molecule has 1 atom stereocenters. The number of nitrogens with one attached hydrogen (secondary N) is 2. The topological polar surface area (TPSA) is 100 Å². The van der Waals surface area contributed by atoms with Crippen molar-refractivity contribution >= 4 is 23.2 Å². The molecular formula is C23H27N5O3. The van der Waals surface area contributed by atoms with Gasteiger partial charge in [-0.1, -0.05) is 24.3 Å². The maximum Gasteiger partial charge on any atom is 0.317 e. The summed E-state index contributed by atoms with van der Waals surface area (Å²) in [6, 6.07) is 11.8. The van der Waals surface area contributed by atoms with Gasteiger partial charge in [0.2, 0.25) is 0 Å². The lowest BCUT2D eigenvalue weighted by molar-refractivity contribution is -0.141. The number of hydrogen-bond acceptors (Lipinski definition) is 5. The molecule has 3 heterocycles. The van der Waals surface area contributed by atoms with Crippen molar-refractivity contribution in [3.63, 3.8) is 0 Å². The minimum Gasteiger partial charge on any atom is -0.469 e. The van der Waals surface area contributed by atoms with Crippen molar-refractivity contribution in [1.29, 1.82) is 0 Å². The fourth-order valence-electron chi connectivity index (χ4n) is 4.07. The van der Waals surface area contributed by atoms with Crippen LogP contribution in [0.5, 0.6) is 0 Å². The maximum atomic E-state index is 12.8. The number of H-pyrrole nitrogens is 1. The van der Waals surface area contributed by atoms with E-state index in [1.165, 1.54) is 7.11 Å². The highest BCUT2D eigenvalue weighted by Gasteiger charge is 2.26. The van der Waals surface area contributed by atoms with Crippen molar-refractivity contribution in [3.05, 3.63) is 59.5 Å². The number of aromatic nitrogens is 3. The lowest BCUT2D eigenvalue weighted by atomic mass is 9.90. The first kappa shape index (κ1) is 20.8. The van der Waals surface area contributed by atoms with Gasteiger partial charge in [0.25, 0.3) is 0 Å². The van der Waals surface area contributed by atoms with Gasteiger partial charge in [0, 0.05) is 32.3 Å². The Morgan fingerprint density at radius 1 is 1.26 bits per heavy atom. The zero-order valence-corrected chi connectivity index (χ0v) is 17.6. The number of fused-ring (bicyclic) bond motifs is 2. The molecule has 8 nitrogen and oxygen atoms in total. The number of amides is 2. The van der Waals surface area contributed by atoms with Gasteiger partial charge in [-0.25, -0.2) is 14.8 Å². The van der Waals surface area contributed by atoms with E-state index in [0.29, 0.717) is 31.7 Å². The zero-order valence-electron chi connectivity index (χ0n) is 17.6. The minimum absolute atomic E-state index is 0.0585. The number of carbonyl (C=O) groups is 2. The van der Waals surface area contributed by atoms with Crippen molar-refractivity contribution in [3.8, 4) is 0 Å². The highest BCUT2D eigenvalue weighted by Crippen LogP contribution is 2.31. The van der Waals surface area contributed by atoms with Crippen molar-refractivity contribution in [2.24, 2.45) is 0 Å². The smallest absolute Gasteiger partial charge is 0.317 e. The molecule has 0 saturated heterocycles. The average Bonchev–Trinajstić information content (AvgIpc) is 3.12. The molecule has 1 aliphatic heterocycles. The molecule has 0 bridgehead atoms. The van der Waals surface area contributed by atoms with E-state index in [1.807, 2.05) is 41.3 Å². The number of aromatic amines is 1. The molecule has 1 unspecified atom stereocenters. The quantitative estimate of drug-likeness (QED) is 0.470. The Hall–Kier alpha value is -3.42. The zero-order chi connectivity index (χ0) is 21.6. The molecule has 31 heavy (non-hydrogen) atoms. The molecule has 2 aromatic heterocycles. The van der Waals surface area contributed by atoms with E-state index < -0.39 is 0 Å². The third-order valence-electron chi connectivity index (χ3n) is 5.70. The highest BCUT2D eigenvalue weighted by atomic mass is 16.5. The summed E-state index contributed by atoms with van der Waals surface area (Å²) in [5, 5.41) is 3.02. The first-order valence-electron chi connectivity index (χ1n) is 10.6. The van der Waals surface area contributed by atoms with Crippen LogP contribution in [0.3, 0.4) is 0 Å². The molecule has 0 fully saturated rings. The third-order valence-corrected chi connectivity index (χ3v) is 5.70. The molecule has 1 aliphatic rings. The largest absolute Gasteiger partial charge is 0.469 e. The first-order valence-corrected chi connectivity index (χ1v) is 10.6. The van der Waals surface area contributed by atoms with E-state index in [4.69, 9.17) is 4.74 Å². The number of esters is 1. The number of imidazole rings is 1.